The van der Waals surface area contributed by atoms with Gasteiger partial charge in [-0.2, -0.15) is 0 Å². The Bertz CT molecular complexity index is 279. The summed E-state index contributed by atoms with van der Waals surface area (Å²) < 4.78 is 0. The first-order chi connectivity index (χ1) is 5.68. The van der Waals surface area contributed by atoms with Gasteiger partial charge in [0.05, 0.1) is 0 Å². The van der Waals surface area contributed by atoms with Crippen LogP contribution in [0.5, 0.6) is 0 Å². The average molecular weight is 160 g/mol. The van der Waals surface area contributed by atoms with Gasteiger partial charge in [-0.05, 0) is 54.9 Å². The van der Waals surface area contributed by atoms with E-state index in [4.69, 9.17) is 0 Å². The molecule has 1 aliphatic carbocycles. The molecule has 64 valence electrons. The van der Waals surface area contributed by atoms with E-state index in [2.05, 4.69) is 32.9 Å². The molecule has 0 bridgehead atoms. The van der Waals surface area contributed by atoms with Gasteiger partial charge in [0.1, 0.15) is 0 Å². The molecule has 1 aromatic carbocycles. The smallest absolute Gasteiger partial charge is 0.0244 e. The van der Waals surface area contributed by atoms with Crippen molar-refractivity contribution in [2.75, 3.05) is 0 Å². The van der Waals surface area contributed by atoms with Crippen molar-refractivity contribution in [1.29, 1.82) is 0 Å². The maximum Gasteiger partial charge on any atom is -0.0244 e. The summed E-state index contributed by atoms with van der Waals surface area (Å²) in [4.78, 5) is 0. The minimum absolute atomic E-state index is 0.861. The second-order valence-electron chi connectivity index (χ2n) is 4.17. The monoisotopic (exact) mass is 160 g/mol. The third kappa shape index (κ3) is 1.06. The first-order valence-electron chi connectivity index (χ1n) is 4.76. The van der Waals surface area contributed by atoms with Crippen molar-refractivity contribution in [3.8, 4) is 0 Å². The van der Waals surface area contributed by atoms with Crippen molar-refractivity contribution in [2.45, 2.75) is 33.6 Å². The van der Waals surface area contributed by atoms with Gasteiger partial charge in [-0.15, -0.1) is 0 Å². The van der Waals surface area contributed by atoms with Gasteiger partial charge in [0, 0.05) is 0 Å². The van der Waals surface area contributed by atoms with E-state index in [-0.39, 0.29) is 0 Å². The summed E-state index contributed by atoms with van der Waals surface area (Å²) in [6.45, 7) is 6.81. The molecule has 0 unspecified atom stereocenters. The molecule has 0 radical (unpaired) electrons. The number of fused-ring (bicyclic) bond motifs is 1. The Kier molecular flexibility index (Phi) is 1.71. The Morgan fingerprint density at radius 1 is 1.00 bits per heavy atom. The Balaban J connectivity index is 2.56. The fourth-order valence-electron chi connectivity index (χ4n) is 2.26. The number of hydrogen-bond donors (Lipinski definition) is 0. The molecule has 0 saturated heterocycles. The molecule has 0 amide bonds. The largest absolute Gasteiger partial charge is 0.0619 e. The zero-order chi connectivity index (χ0) is 8.72. The van der Waals surface area contributed by atoms with Crippen LogP contribution in [0.15, 0.2) is 12.1 Å². The standard InChI is InChI=1S/C12H16/c1-8-6-11-9(2)4-5-10(3)12(11)7-8/h4-5,8H,6-7H2,1-3H3. The Labute approximate surface area is 74.6 Å². The summed E-state index contributed by atoms with van der Waals surface area (Å²) in [5.74, 6) is 0.861. The molecule has 0 atom stereocenters. The molecule has 0 N–H and O–H groups in total. The van der Waals surface area contributed by atoms with E-state index in [1.165, 1.54) is 24.0 Å². The molecule has 0 heteroatoms. The van der Waals surface area contributed by atoms with Gasteiger partial charge in [0.15, 0.2) is 0 Å². The minimum Gasteiger partial charge on any atom is -0.0619 e. The van der Waals surface area contributed by atoms with E-state index in [1.54, 1.807) is 11.1 Å². The van der Waals surface area contributed by atoms with Gasteiger partial charge in [0.2, 0.25) is 0 Å². The number of rotatable bonds is 0. The van der Waals surface area contributed by atoms with Crippen molar-refractivity contribution >= 4 is 0 Å². The molecule has 0 aliphatic heterocycles. The van der Waals surface area contributed by atoms with Crippen LogP contribution in [-0.4, -0.2) is 0 Å². The predicted octanol–water partition coefficient (Wildman–Crippen LogP) is 3.04. The van der Waals surface area contributed by atoms with Crippen LogP contribution in [0.2, 0.25) is 0 Å². The zero-order valence-corrected chi connectivity index (χ0v) is 8.15. The first kappa shape index (κ1) is 7.85. The van der Waals surface area contributed by atoms with E-state index in [1.807, 2.05) is 0 Å². The molecule has 1 aromatic rings. The van der Waals surface area contributed by atoms with E-state index in [0.717, 1.165) is 5.92 Å². The number of hydrogen-bond acceptors (Lipinski definition) is 0. The van der Waals surface area contributed by atoms with Crippen LogP contribution < -0.4 is 0 Å². The van der Waals surface area contributed by atoms with Crippen LogP contribution in [0.3, 0.4) is 0 Å². The molecule has 0 fully saturated rings. The van der Waals surface area contributed by atoms with Crippen molar-refractivity contribution in [1.82, 2.24) is 0 Å². The van der Waals surface area contributed by atoms with E-state index in [0.29, 0.717) is 0 Å². The van der Waals surface area contributed by atoms with Crippen molar-refractivity contribution in [3.63, 3.8) is 0 Å². The van der Waals surface area contributed by atoms with Crippen LogP contribution in [0.1, 0.15) is 29.2 Å². The highest BCUT2D eigenvalue weighted by molar-refractivity contribution is 5.43. The highest BCUT2D eigenvalue weighted by atomic mass is 14.2. The maximum absolute atomic E-state index is 2.35. The molecule has 2 rings (SSSR count). The topological polar surface area (TPSA) is 0 Å². The summed E-state index contributed by atoms with van der Waals surface area (Å²) in [6.07, 6.45) is 2.59. The fourth-order valence-corrected chi connectivity index (χ4v) is 2.26. The second kappa shape index (κ2) is 2.62. The lowest BCUT2D eigenvalue weighted by Crippen LogP contribution is -1.90. The van der Waals surface area contributed by atoms with Crippen molar-refractivity contribution < 1.29 is 0 Å². The Morgan fingerprint density at radius 3 is 1.83 bits per heavy atom. The average Bonchev–Trinajstić information content (AvgIpc) is 2.41. The van der Waals surface area contributed by atoms with Gasteiger partial charge in [-0.3, -0.25) is 0 Å². The minimum atomic E-state index is 0.861. The SMILES string of the molecule is Cc1ccc(C)c2c1CC(C)C2. The molecule has 0 heterocycles. The van der Waals surface area contributed by atoms with Crippen molar-refractivity contribution in [3.05, 3.63) is 34.4 Å². The second-order valence-corrected chi connectivity index (χ2v) is 4.17. The number of benzene rings is 1. The van der Waals surface area contributed by atoms with Gasteiger partial charge < -0.3 is 0 Å². The summed E-state index contributed by atoms with van der Waals surface area (Å²) in [6, 6.07) is 4.51. The van der Waals surface area contributed by atoms with Crippen LogP contribution in [0, 0.1) is 19.8 Å². The molecular weight excluding hydrogens is 144 g/mol. The van der Waals surface area contributed by atoms with Crippen LogP contribution in [0.25, 0.3) is 0 Å². The predicted molar refractivity (Wildman–Crippen MR) is 52.5 cm³/mol. The molecule has 0 saturated carbocycles. The molecular formula is C12H16. The molecule has 0 aromatic heterocycles. The third-order valence-corrected chi connectivity index (χ3v) is 3.00. The summed E-state index contributed by atoms with van der Waals surface area (Å²) in [7, 11) is 0. The van der Waals surface area contributed by atoms with Gasteiger partial charge in [-0.1, -0.05) is 19.1 Å². The normalized spacial score (nSPS) is 16.6. The van der Waals surface area contributed by atoms with Gasteiger partial charge >= 0.3 is 0 Å². The molecule has 0 spiro atoms. The first-order valence-corrected chi connectivity index (χ1v) is 4.76. The quantitative estimate of drug-likeness (QED) is 0.547. The van der Waals surface area contributed by atoms with Gasteiger partial charge in [0.25, 0.3) is 0 Å². The summed E-state index contributed by atoms with van der Waals surface area (Å²) >= 11 is 0. The number of aryl methyl sites for hydroxylation is 2. The lowest BCUT2D eigenvalue weighted by molar-refractivity contribution is 0.626. The highest BCUT2D eigenvalue weighted by Gasteiger charge is 2.20. The summed E-state index contributed by atoms with van der Waals surface area (Å²) in [5, 5.41) is 0. The molecule has 12 heavy (non-hydrogen) atoms. The lowest BCUT2D eigenvalue weighted by Gasteiger charge is -2.05. The van der Waals surface area contributed by atoms with E-state index < -0.39 is 0 Å². The van der Waals surface area contributed by atoms with Crippen LogP contribution in [-0.2, 0) is 12.8 Å². The zero-order valence-electron chi connectivity index (χ0n) is 8.15. The molecule has 0 nitrogen and oxygen atoms in total. The Morgan fingerprint density at radius 2 is 1.42 bits per heavy atom. The van der Waals surface area contributed by atoms with Crippen molar-refractivity contribution in [2.24, 2.45) is 5.92 Å². The van der Waals surface area contributed by atoms with Crippen LogP contribution in [0.4, 0.5) is 0 Å². The maximum atomic E-state index is 2.35. The fraction of sp³-hybridized carbons (Fsp3) is 0.500. The van der Waals surface area contributed by atoms with E-state index in [9.17, 15) is 0 Å². The summed E-state index contributed by atoms with van der Waals surface area (Å²) in [5.41, 5.74) is 6.23. The molecule has 1 aliphatic rings. The van der Waals surface area contributed by atoms with Crippen LogP contribution >= 0.6 is 0 Å². The Hall–Kier alpha value is -0.780. The lowest BCUT2D eigenvalue weighted by atomic mass is 10.0. The highest BCUT2D eigenvalue weighted by Crippen LogP contribution is 2.31. The third-order valence-electron chi connectivity index (χ3n) is 3.00. The van der Waals surface area contributed by atoms with E-state index >= 15 is 0 Å². The van der Waals surface area contributed by atoms with Gasteiger partial charge in [-0.25, -0.2) is 0 Å².